The molecule has 26 heavy (non-hydrogen) atoms. The third-order valence-corrected chi connectivity index (χ3v) is 4.96. The van der Waals surface area contributed by atoms with Gasteiger partial charge in [-0.1, -0.05) is 41.6 Å². The van der Waals surface area contributed by atoms with Crippen molar-refractivity contribution in [2.45, 2.75) is 19.8 Å². The summed E-state index contributed by atoms with van der Waals surface area (Å²) in [6.45, 7) is 2.83. The summed E-state index contributed by atoms with van der Waals surface area (Å²) < 4.78 is 5.00. The molecule has 132 valence electrons. The van der Waals surface area contributed by atoms with Crippen LogP contribution in [0.15, 0.2) is 53.1 Å². The molecule has 1 aliphatic heterocycles. The molecule has 5 nitrogen and oxygen atoms in total. The van der Waals surface area contributed by atoms with E-state index in [1.165, 1.54) is 0 Å². The topological polar surface area (TPSA) is 63.4 Å². The summed E-state index contributed by atoms with van der Waals surface area (Å²) in [4.78, 5) is 27.3. The first-order valence-electron chi connectivity index (χ1n) is 8.87. The van der Waals surface area contributed by atoms with E-state index in [1.54, 1.807) is 17.9 Å². The zero-order chi connectivity index (χ0) is 18.1. The van der Waals surface area contributed by atoms with Gasteiger partial charge in [-0.25, -0.2) is 0 Å². The molecule has 1 unspecified atom stereocenters. The predicted molar refractivity (Wildman–Crippen MR) is 98.1 cm³/mol. The monoisotopic (exact) mass is 348 g/mol. The van der Waals surface area contributed by atoms with Crippen LogP contribution in [0.3, 0.4) is 0 Å². The van der Waals surface area contributed by atoms with Crippen LogP contribution in [-0.4, -0.2) is 34.8 Å². The fourth-order valence-corrected chi connectivity index (χ4v) is 3.58. The Morgan fingerprint density at radius 2 is 1.92 bits per heavy atom. The highest BCUT2D eigenvalue weighted by Gasteiger charge is 2.30. The summed E-state index contributed by atoms with van der Waals surface area (Å²) in [7, 11) is 0. The lowest BCUT2D eigenvalue weighted by atomic mass is 9.89. The normalized spacial score (nSPS) is 17.4. The second-order valence-corrected chi connectivity index (χ2v) is 6.84. The average molecular weight is 348 g/mol. The fraction of sp³-hybridized carbons (Fsp3) is 0.286. The minimum absolute atomic E-state index is 0.101. The highest BCUT2D eigenvalue weighted by molar-refractivity contribution is 6.02. The van der Waals surface area contributed by atoms with Crippen molar-refractivity contribution >= 4 is 22.5 Å². The van der Waals surface area contributed by atoms with E-state index in [4.69, 9.17) is 4.52 Å². The molecule has 0 aliphatic carbocycles. The van der Waals surface area contributed by atoms with Crippen LogP contribution in [0.5, 0.6) is 0 Å². The third kappa shape index (κ3) is 3.12. The molecule has 0 spiro atoms. The van der Waals surface area contributed by atoms with E-state index in [1.807, 2.05) is 42.5 Å². The van der Waals surface area contributed by atoms with Gasteiger partial charge in [0, 0.05) is 30.6 Å². The first kappa shape index (κ1) is 16.5. The Hall–Kier alpha value is -2.95. The Kier molecular flexibility index (Phi) is 4.29. The SMILES string of the molecule is Cc1cc(C(=O)N2CCCC(C(=O)c3ccc4ccccc4c3)C2)no1. The minimum Gasteiger partial charge on any atom is -0.361 e. The van der Waals surface area contributed by atoms with Crippen molar-refractivity contribution in [2.75, 3.05) is 13.1 Å². The average Bonchev–Trinajstić information content (AvgIpc) is 3.13. The molecule has 1 fully saturated rings. The molecule has 2 aromatic carbocycles. The lowest BCUT2D eigenvalue weighted by Gasteiger charge is -2.31. The van der Waals surface area contributed by atoms with Crippen molar-refractivity contribution in [3.63, 3.8) is 0 Å². The summed E-state index contributed by atoms with van der Waals surface area (Å²) in [5.41, 5.74) is 1.02. The number of Topliss-reactive ketones (excluding diaryl/α,β-unsaturated/α-hetero) is 1. The maximum Gasteiger partial charge on any atom is 0.276 e. The van der Waals surface area contributed by atoms with Crippen LogP contribution in [-0.2, 0) is 0 Å². The number of fused-ring (bicyclic) bond motifs is 1. The molecule has 4 rings (SSSR count). The van der Waals surface area contributed by atoms with Crippen LogP contribution < -0.4 is 0 Å². The first-order chi connectivity index (χ1) is 12.6. The van der Waals surface area contributed by atoms with E-state index < -0.39 is 0 Å². The molecule has 0 bridgehead atoms. The summed E-state index contributed by atoms with van der Waals surface area (Å²) >= 11 is 0. The Balaban J connectivity index is 1.53. The number of carbonyl (C=O) groups is 2. The van der Waals surface area contributed by atoms with Gasteiger partial charge >= 0.3 is 0 Å². The molecule has 1 amide bonds. The Morgan fingerprint density at radius 3 is 2.69 bits per heavy atom. The van der Waals surface area contributed by atoms with Crippen molar-refractivity contribution in [1.82, 2.24) is 10.1 Å². The molecule has 1 aromatic heterocycles. The smallest absolute Gasteiger partial charge is 0.276 e. The van der Waals surface area contributed by atoms with Crippen LogP contribution in [0.2, 0.25) is 0 Å². The second kappa shape index (κ2) is 6.75. The molecule has 2 heterocycles. The van der Waals surface area contributed by atoms with Gasteiger partial charge in [-0.3, -0.25) is 9.59 Å². The molecule has 1 saturated heterocycles. The summed E-state index contributed by atoms with van der Waals surface area (Å²) in [6, 6.07) is 15.4. The number of nitrogens with zero attached hydrogens (tertiary/aromatic N) is 2. The number of amides is 1. The van der Waals surface area contributed by atoms with E-state index in [-0.39, 0.29) is 17.6 Å². The van der Waals surface area contributed by atoms with Gasteiger partial charge in [0.05, 0.1) is 0 Å². The number of piperidine rings is 1. The first-order valence-corrected chi connectivity index (χ1v) is 8.87. The molecule has 3 aromatic rings. The van der Waals surface area contributed by atoms with Crippen molar-refractivity contribution in [1.29, 1.82) is 0 Å². The zero-order valence-electron chi connectivity index (χ0n) is 14.6. The van der Waals surface area contributed by atoms with Crippen molar-refractivity contribution < 1.29 is 14.1 Å². The highest BCUT2D eigenvalue weighted by atomic mass is 16.5. The lowest BCUT2D eigenvalue weighted by Crippen LogP contribution is -2.42. The number of likely N-dealkylation sites (tertiary alicyclic amines) is 1. The van der Waals surface area contributed by atoms with Gasteiger partial charge in [0.2, 0.25) is 0 Å². The van der Waals surface area contributed by atoms with Gasteiger partial charge in [0.15, 0.2) is 11.5 Å². The molecular formula is C21H20N2O3. The van der Waals surface area contributed by atoms with E-state index in [0.29, 0.717) is 30.1 Å². The Morgan fingerprint density at radius 1 is 1.12 bits per heavy atom. The number of benzene rings is 2. The van der Waals surface area contributed by atoms with E-state index in [9.17, 15) is 9.59 Å². The number of carbonyl (C=O) groups excluding carboxylic acids is 2. The molecule has 0 radical (unpaired) electrons. The summed E-state index contributed by atoms with van der Waals surface area (Å²) in [5.74, 6) is 0.360. The maximum atomic E-state index is 13.0. The standard InChI is InChI=1S/C21H20N2O3/c1-14-11-19(22-26-14)21(25)23-10-4-7-18(13-23)20(24)17-9-8-15-5-2-3-6-16(15)12-17/h2-3,5-6,8-9,11-12,18H,4,7,10,13H2,1H3. The highest BCUT2D eigenvalue weighted by Crippen LogP contribution is 2.24. The molecular weight excluding hydrogens is 328 g/mol. The van der Waals surface area contributed by atoms with Gasteiger partial charge in [-0.2, -0.15) is 0 Å². The Bertz CT molecular complexity index is 976. The predicted octanol–water partition coefficient (Wildman–Crippen LogP) is 3.87. The van der Waals surface area contributed by atoms with Gasteiger partial charge in [-0.15, -0.1) is 0 Å². The van der Waals surface area contributed by atoms with Crippen LogP contribution in [0.1, 0.15) is 39.4 Å². The van der Waals surface area contributed by atoms with Gasteiger partial charge in [0.1, 0.15) is 5.76 Å². The van der Waals surface area contributed by atoms with Gasteiger partial charge in [0.25, 0.3) is 5.91 Å². The molecule has 5 heteroatoms. The van der Waals surface area contributed by atoms with Crippen molar-refractivity contribution in [3.05, 3.63) is 65.5 Å². The third-order valence-electron chi connectivity index (χ3n) is 4.96. The summed E-state index contributed by atoms with van der Waals surface area (Å²) in [5, 5.41) is 5.97. The molecule has 1 atom stereocenters. The fourth-order valence-electron chi connectivity index (χ4n) is 3.58. The number of hydrogen-bond acceptors (Lipinski definition) is 4. The van der Waals surface area contributed by atoms with Crippen LogP contribution in [0, 0.1) is 12.8 Å². The number of aryl methyl sites for hydroxylation is 1. The lowest BCUT2D eigenvalue weighted by molar-refractivity contribution is 0.0628. The maximum absolute atomic E-state index is 13.0. The number of ketones is 1. The largest absolute Gasteiger partial charge is 0.361 e. The molecule has 0 saturated carbocycles. The minimum atomic E-state index is -0.179. The molecule has 1 aliphatic rings. The molecule has 0 N–H and O–H groups in total. The van der Waals surface area contributed by atoms with E-state index >= 15 is 0 Å². The van der Waals surface area contributed by atoms with Crippen LogP contribution in [0.4, 0.5) is 0 Å². The number of rotatable bonds is 3. The Labute approximate surface area is 151 Å². The van der Waals surface area contributed by atoms with Crippen LogP contribution in [0.25, 0.3) is 10.8 Å². The van der Waals surface area contributed by atoms with Crippen LogP contribution >= 0.6 is 0 Å². The summed E-state index contributed by atoms with van der Waals surface area (Å²) in [6.07, 6.45) is 1.61. The van der Waals surface area contributed by atoms with Crippen molar-refractivity contribution in [3.8, 4) is 0 Å². The van der Waals surface area contributed by atoms with Gasteiger partial charge < -0.3 is 9.42 Å². The number of hydrogen-bond donors (Lipinski definition) is 0. The van der Waals surface area contributed by atoms with Gasteiger partial charge in [-0.05, 0) is 36.6 Å². The van der Waals surface area contributed by atoms with Crippen molar-refractivity contribution in [2.24, 2.45) is 5.92 Å². The number of aromatic nitrogens is 1. The van der Waals surface area contributed by atoms with E-state index in [0.717, 1.165) is 23.6 Å². The van der Waals surface area contributed by atoms with E-state index in [2.05, 4.69) is 5.16 Å². The zero-order valence-corrected chi connectivity index (χ0v) is 14.6. The second-order valence-electron chi connectivity index (χ2n) is 6.84. The quantitative estimate of drug-likeness (QED) is 0.674.